The lowest BCUT2D eigenvalue weighted by Crippen LogP contribution is -2.59. The molecular formula is C24H36N2O4. The zero-order valence-corrected chi connectivity index (χ0v) is 19.3. The quantitative estimate of drug-likeness (QED) is 0.509. The largest absolute Gasteiger partial charge is 0.282 e. The van der Waals surface area contributed by atoms with Gasteiger partial charge in [0.1, 0.15) is 0 Å². The van der Waals surface area contributed by atoms with Crippen LogP contribution in [0.1, 0.15) is 80.1 Å². The lowest BCUT2D eigenvalue weighted by molar-refractivity contribution is -0.170. The summed E-state index contributed by atoms with van der Waals surface area (Å²) in [5.74, 6) is -0.381. The van der Waals surface area contributed by atoms with Gasteiger partial charge in [0, 0.05) is 24.9 Å². The lowest BCUT2D eigenvalue weighted by atomic mass is 9.62. The Labute approximate surface area is 179 Å². The van der Waals surface area contributed by atoms with Gasteiger partial charge in [-0.25, -0.2) is 0 Å². The average Bonchev–Trinajstić information content (AvgIpc) is 2.97. The highest BCUT2D eigenvalue weighted by Gasteiger charge is 2.65. The van der Waals surface area contributed by atoms with Crippen LogP contribution in [0, 0.1) is 33.5 Å². The van der Waals surface area contributed by atoms with Crippen molar-refractivity contribution in [3.8, 4) is 0 Å². The Morgan fingerprint density at radius 3 is 1.33 bits per heavy atom. The Balaban J connectivity index is 1.38. The molecule has 0 aromatic rings. The summed E-state index contributed by atoms with van der Waals surface area (Å²) >= 11 is 0. The van der Waals surface area contributed by atoms with Crippen LogP contribution < -0.4 is 0 Å². The number of imide groups is 2. The molecule has 2 aliphatic carbocycles. The molecule has 0 unspecified atom stereocenters. The van der Waals surface area contributed by atoms with Gasteiger partial charge in [-0.3, -0.25) is 29.0 Å². The van der Waals surface area contributed by atoms with E-state index in [-0.39, 0.29) is 46.3 Å². The highest BCUT2D eigenvalue weighted by atomic mass is 16.2. The molecule has 4 atom stereocenters. The highest BCUT2D eigenvalue weighted by molar-refractivity contribution is 6.04. The van der Waals surface area contributed by atoms with Crippen molar-refractivity contribution in [3.05, 3.63) is 0 Å². The van der Waals surface area contributed by atoms with E-state index in [0.717, 1.165) is 25.7 Å². The van der Waals surface area contributed by atoms with E-state index in [4.69, 9.17) is 0 Å². The first-order chi connectivity index (χ1) is 13.8. The number of hydrogen-bond donors (Lipinski definition) is 0. The number of carbonyl (C=O) groups is 4. The summed E-state index contributed by atoms with van der Waals surface area (Å²) in [5.41, 5.74) is -1.56. The van der Waals surface area contributed by atoms with Crippen LogP contribution in [-0.2, 0) is 19.2 Å². The molecule has 0 aromatic carbocycles. The first kappa shape index (κ1) is 21.5. The number of piperidine rings is 2. The number of amides is 4. The summed E-state index contributed by atoms with van der Waals surface area (Å²) in [6.45, 7) is 12.9. The van der Waals surface area contributed by atoms with Crippen LogP contribution >= 0.6 is 0 Å². The molecule has 0 radical (unpaired) electrons. The topological polar surface area (TPSA) is 74.8 Å². The Kier molecular flexibility index (Phi) is 4.58. The summed E-state index contributed by atoms with van der Waals surface area (Å²) in [6, 6.07) is 0. The molecule has 0 N–H and O–H groups in total. The first-order valence-electron chi connectivity index (χ1n) is 11.5. The lowest BCUT2D eigenvalue weighted by Gasteiger charge is -2.48. The van der Waals surface area contributed by atoms with E-state index in [1.807, 2.05) is 41.5 Å². The highest BCUT2D eigenvalue weighted by Crippen LogP contribution is 2.61. The van der Waals surface area contributed by atoms with Gasteiger partial charge >= 0.3 is 0 Å². The molecule has 4 rings (SSSR count). The molecule has 2 aliphatic heterocycles. The monoisotopic (exact) mass is 416 g/mol. The molecule has 4 fully saturated rings. The smallest absolute Gasteiger partial charge is 0.235 e. The van der Waals surface area contributed by atoms with Crippen LogP contribution in [0.15, 0.2) is 0 Å². The molecule has 0 spiro atoms. The van der Waals surface area contributed by atoms with Crippen LogP contribution in [0.4, 0.5) is 0 Å². The van der Waals surface area contributed by atoms with Crippen LogP contribution in [0.25, 0.3) is 0 Å². The molecule has 6 nitrogen and oxygen atoms in total. The van der Waals surface area contributed by atoms with E-state index >= 15 is 0 Å². The fourth-order valence-electron chi connectivity index (χ4n) is 6.77. The summed E-state index contributed by atoms with van der Waals surface area (Å²) in [7, 11) is 0. The van der Waals surface area contributed by atoms with Crippen LogP contribution in [0.5, 0.6) is 0 Å². The van der Waals surface area contributed by atoms with Crippen molar-refractivity contribution >= 4 is 23.6 Å². The normalized spacial score (nSPS) is 39.3. The molecule has 4 amide bonds. The van der Waals surface area contributed by atoms with Crippen molar-refractivity contribution in [1.82, 2.24) is 9.80 Å². The Bertz CT molecular complexity index is 763. The number of fused-ring (bicyclic) bond motifs is 4. The molecule has 166 valence electrons. The zero-order valence-electron chi connectivity index (χ0n) is 19.3. The zero-order chi connectivity index (χ0) is 22.3. The van der Waals surface area contributed by atoms with Crippen molar-refractivity contribution in [2.75, 3.05) is 13.1 Å². The number of hydrogen-bond acceptors (Lipinski definition) is 4. The fraction of sp³-hybridized carbons (Fsp3) is 0.833. The van der Waals surface area contributed by atoms with Gasteiger partial charge in [-0.15, -0.1) is 0 Å². The fourth-order valence-corrected chi connectivity index (χ4v) is 6.77. The van der Waals surface area contributed by atoms with Crippen LogP contribution in [0.2, 0.25) is 0 Å². The van der Waals surface area contributed by atoms with E-state index in [1.165, 1.54) is 9.80 Å². The van der Waals surface area contributed by atoms with Gasteiger partial charge in [0.25, 0.3) is 0 Å². The standard InChI is InChI=1S/C24H36N2O4/c1-21(2)15-9-11-23(21,5)19(29)25(17(15)27)13-7-8-14-26-18(28)16-10-12-24(6,20(26)30)22(16,3)4/h15-16H,7-14H2,1-6H3/t15-,16-,23-,24+/m1/s1. The van der Waals surface area contributed by atoms with Crippen molar-refractivity contribution in [2.45, 2.75) is 80.1 Å². The molecular weight excluding hydrogens is 380 g/mol. The number of unbranched alkanes of at least 4 members (excludes halogenated alkanes) is 1. The second-order valence-electron chi connectivity index (χ2n) is 11.6. The van der Waals surface area contributed by atoms with Crippen molar-refractivity contribution in [2.24, 2.45) is 33.5 Å². The van der Waals surface area contributed by atoms with Gasteiger partial charge in [0.05, 0.1) is 10.8 Å². The maximum atomic E-state index is 13.1. The number of likely N-dealkylation sites (tertiary alicyclic amines) is 2. The summed E-state index contributed by atoms with van der Waals surface area (Å²) in [6.07, 6.45) is 4.30. The van der Waals surface area contributed by atoms with E-state index in [2.05, 4.69) is 0 Å². The number of carbonyl (C=O) groups excluding carboxylic acids is 4. The van der Waals surface area contributed by atoms with Crippen molar-refractivity contribution in [1.29, 1.82) is 0 Å². The Hall–Kier alpha value is -1.72. The molecule has 2 saturated heterocycles. The van der Waals surface area contributed by atoms with E-state index < -0.39 is 10.8 Å². The second kappa shape index (κ2) is 6.39. The third-order valence-corrected chi connectivity index (χ3v) is 10.0. The first-order valence-corrected chi connectivity index (χ1v) is 11.5. The molecule has 4 bridgehead atoms. The average molecular weight is 417 g/mol. The van der Waals surface area contributed by atoms with Gasteiger partial charge in [-0.1, -0.05) is 41.5 Å². The molecule has 2 saturated carbocycles. The second-order valence-corrected chi connectivity index (χ2v) is 11.6. The van der Waals surface area contributed by atoms with Crippen LogP contribution in [0.3, 0.4) is 0 Å². The molecule has 30 heavy (non-hydrogen) atoms. The minimum absolute atomic E-state index is 0.0441. The minimum atomic E-state index is -0.482. The molecule has 2 heterocycles. The van der Waals surface area contributed by atoms with E-state index in [9.17, 15) is 19.2 Å². The SMILES string of the molecule is CC1(C)[C@@H]2CC[C@@]1(C)C(=O)N(CCCCN1C(=O)[C@H]3CC[C@](C)(C1=O)C3(C)C)C2=O. The third kappa shape index (κ3) is 2.42. The maximum Gasteiger partial charge on any atom is 0.235 e. The maximum absolute atomic E-state index is 13.1. The van der Waals surface area contributed by atoms with Crippen LogP contribution in [-0.4, -0.2) is 46.5 Å². The summed E-state index contributed by atoms with van der Waals surface area (Å²) in [5, 5.41) is 0. The summed E-state index contributed by atoms with van der Waals surface area (Å²) in [4.78, 5) is 55.1. The Morgan fingerprint density at radius 2 is 1.00 bits per heavy atom. The van der Waals surface area contributed by atoms with Gasteiger partial charge < -0.3 is 0 Å². The predicted molar refractivity (Wildman–Crippen MR) is 112 cm³/mol. The van der Waals surface area contributed by atoms with E-state index in [0.29, 0.717) is 25.9 Å². The number of rotatable bonds is 5. The summed E-state index contributed by atoms with van der Waals surface area (Å²) < 4.78 is 0. The minimum Gasteiger partial charge on any atom is -0.282 e. The van der Waals surface area contributed by atoms with Gasteiger partial charge in [0.15, 0.2) is 0 Å². The predicted octanol–water partition coefficient (Wildman–Crippen LogP) is 3.39. The van der Waals surface area contributed by atoms with Gasteiger partial charge in [0.2, 0.25) is 23.6 Å². The van der Waals surface area contributed by atoms with Gasteiger partial charge in [-0.2, -0.15) is 0 Å². The van der Waals surface area contributed by atoms with Crippen molar-refractivity contribution in [3.63, 3.8) is 0 Å². The van der Waals surface area contributed by atoms with E-state index in [1.54, 1.807) is 0 Å². The van der Waals surface area contributed by atoms with Crippen molar-refractivity contribution < 1.29 is 19.2 Å². The molecule has 4 aliphatic rings. The third-order valence-electron chi connectivity index (χ3n) is 10.0. The molecule has 0 aromatic heterocycles. The van der Waals surface area contributed by atoms with Gasteiger partial charge in [-0.05, 0) is 49.4 Å². The Morgan fingerprint density at radius 1 is 0.667 bits per heavy atom. The number of nitrogens with zero attached hydrogens (tertiary/aromatic N) is 2. The molecule has 6 heteroatoms.